The highest BCUT2D eigenvalue weighted by atomic mass is 16.5. The van der Waals surface area contributed by atoms with Crippen LogP contribution < -0.4 is 14.8 Å². The van der Waals surface area contributed by atoms with Crippen molar-refractivity contribution in [1.29, 1.82) is 0 Å². The Morgan fingerprint density at radius 3 is 2.57 bits per heavy atom. The van der Waals surface area contributed by atoms with Crippen LogP contribution in [0.2, 0.25) is 0 Å². The van der Waals surface area contributed by atoms with Crippen LogP contribution in [0.4, 0.5) is 5.82 Å². The molecule has 0 radical (unpaired) electrons. The summed E-state index contributed by atoms with van der Waals surface area (Å²) in [5.74, 6) is 0.780. The van der Waals surface area contributed by atoms with E-state index in [1.54, 1.807) is 26.4 Å². The third-order valence-electron chi connectivity index (χ3n) is 2.84. The highest BCUT2D eigenvalue weighted by Gasteiger charge is 2.07. The number of carboxylic acids is 1. The van der Waals surface area contributed by atoms with Crippen molar-refractivity contribution in [1.82, 2.24) is 10.2 Å². The number of nitrogens with zero attached hydrogens (tertiary/aromatic N) is 2. The van der Waals surface area contributed by atoms with Gasteiger partial charge in [0.2, 0.25) is 0 Å². The molecule has 2 N–H and O–H groups in total. The van der Waals surface area contributed by atoms with Gasteiger partial charge in [0.15, 0.2) is 5.69 Å². The third-order valence-corrected chi connectivity index (χ3v) is 2.84. The van der Waals surface area contributed by atoms with Crippen molar-refractivity contribution >= 4 is 11.8 Å². The Morgan fingerprint density at radius 1 is 1.19 bits per heavy atom. The molecular weight excluding hydrogens is 274 g/mol. The molecule has 0 fully saturated rings. The average Bonchev–Trinajstić information content (AvgIpc) is 2.53. The number of carboxylic acid groups (broad SMARTS) is 1. The Balaban J connectivity index is 2.07. The van der Waals surface area contributed by atoms with Crippen LogP contribution in [0.3, 0.4) is 0 Å². The smallest absolute Gasteiger partial charge is 0.356 e. The fourth-order valence-electron chi connectivity index (χ4n) is 1.72. The van der Waals surface area contributed by atoms with Gasteiger partial charge in [-0.15, -0.1) is 10.2 Å². The van der Waals surface area contributed by atoms with Crippen LogP contribution in [0.5, 0.6) is 11.5 Å². The zero-order chi connectivity index (χ0) is 15.2. The number of carbonyl (C=O) groups is 1. The largest absolute Gasteiger partial charge is 0.497 e. The van der Waals surface area contributed by atoms with Crippen LogP contribution in [0, 0.1) is 0 Å². The first-order valence-electron chi connectivity index (χ1n) is 6.16. The maximum absolute atomic E-state index is 10.7. The Bertz CT molecular complexity index is 629. The minimum Gasteiger partial charge on any atom is -0.497 e. The fourth-order valence-corrected chi connectivity index (χ4v) is 1.72. The number of benzene rings is 1. The van der Waals surface area contributed by atoms with E-state index in [1.807, 2.05) is 12.1 Å². The molecule has 2 rings (SSSR count). The number of aromatic carboxylic acids is 1. The van der Waals surface area contributed by atoms with Crippen molar-refractivity contribution in [3.8, 4) is 11.5 Å². The number of rotatable bonds is 6. The molecule has 1 aromatic carbocycles. The second kappa shape index (κ2) is 6.56. The van der Waals surface area contributed by atoms with E-state index in [4.69, 9.17) is 14.6 Å². The molecule has 0 saturated carbocycles. The molecule has 0 aliphatic carbocycles. The van der Waals surface area contributed by atoms with Crippen LogP contribution in [-0.2, 0) is 6.54 Å². The number of hydrogen-bond acceptors (Lipinski definition) is 6. The molecule has 1 aromatic heterocycles. The maximum atomic E-state index is 10.7. The lowest BCUT2D eigenvalue weighted by atomic mass is 10.2. The monoisotopic (exact) mass is 289 g/mol. The molecule has 21 heavy (non-hydrogen) atoms. The Labute approximate surface area is 121 Å². The summed E-state index contributed by atoms with van der Waals surface area (Å²) in [5, 5.41) is 19.2. The predicted molar refractivity (Wildman–Crippen MR) is 75.9 cm³/mol. The highest BCUT2D eigenvalue weighted by molar-refractivity contribution is 5.85. The number of methoxy groups -OCH3 is 2. The molecule has 1 heterocycles. The second-order valence-corrected chi connectivity index (χ2v) is 4.14. The Hall–Kier alpha value is -2.83. The summed E-state index contributed by atoms with van der Waals surface area (Å²) in [6.07, 6.45) is 0. The SMILES string of the molecule is COc1ccc(CNc2ccc(C(=O)O)nn2)c(OC)c1. The van der Waals surface area contributed by atoms with Crippen LogP contribution >= 0.6 is 0 Å². The molecule has 7 nitrogen and oxygen atoms in total. The zero-order valence-corrected chi connectivity index (χ0v) is 11.7. The van der Waals surface area contributed by atoms with Crippen molar-refractivity contribution in [3.63, 3.8) is 0 Å². The molecule has 7 heteroatoms. The molecule has 0 aliphatic heterocycles. The van der Waals surface area contributed by atoms with Crippen LogP contribution in [0.25, 0.3) is 0 Å². The van der Waals surface area contributed by atoms with Crippen molar-refractivity contribution in [2.75, 3.05) is 19.5 Å². The van der Waals surface area contributed by atoms with Gasteiger partial charge in [0, 0.05) is 18.2 Å². The summed E-state index contributed by atoms with van der Waals surface area (Å²) in [7, 11) is 3.17. The number of nitrogens with one attached hydrogen (secondary N) is 1. The molecule has 0 saturated heterocycles. The van der Waals surface area contributed by atoms with E-state index in [0.29, 0.717) is 23.9 Å². The van der Waals surface area contributed by atoms with Gasteiger partial charge in [-0.1, -0.05) is 0 Å². The lowest BCUT2D eigenvalue weighted by Crippen LogP contribution is -2.07. The first-order valence-corrected chi connectivity index (χ1v) is 6.16. The summed E-state index contributed by atoms with van der Waals surface area (Å²) in [4.78, 5) is 10.7. The number of aromatic nitrogens is 2. The molecule has 0 aliphatic rings. The van der Waals surface area contributed by atoms with Gasteiger partial charge in [0.05, 0.1) is 14.2 Å². The van der Waals surface area contributed by atoms with Crippen LogP contribution in [0.1, 0.15) is 16.1 Å². The van der Waals surface area contributed by atoms with E-state index >= 15 is 0 Å². The van der Waals surface area contributed by atoms with Gasteiger partial charge in [-0.2, -0.15) is 0 Å². The second-order valence-electron chi connectivity index (χ2n) is 4.14. The summed E-state index contributed by atoms with van der Waals surface area (Å²) >= 11 is 0. The number of hydrogen-bond donors (Lipinski definition) is 2. The number of ether oxygens (including phenoxy) is 2. The predicted octanol–water partition coefficient (Wildman–Crippen LogP) is 1.80. The molecule has 2 aromatic rings. The molecule has 0 amide bonds. The van der Waals surface area contributed by atoms with Crippen LogP contribution in [-0.4, -0.2) is 35.5 Å². The van der Waals surface area contributed by atoms with Gasteiger partial charge in [-0.3, -0.25) is 0 Å². The quantitative estimate of drug-likeness (QED) is 0.837. The van der Waals surface area contributed by atoms with Gasteiger partial charge < -0.3 is 19.9 Å². The van der Waals surface area contributed by atoms with E-state index in [9.17, 15) is 4.79 Å². The summed E-state index contributed by atoms with van der Waals surface area (Å²) in [6.45, 7) is 0.467. The molecule has 0 bridgehead atoms. The van der Waals surface area contributed by atoms with Crippen molar-refractivity contribution in [2.24, 2.45) is 0 Å². The minimum atomic E-state index is -1.11. The maximum Gasteiger partial charge on any atom is 0.356 e. The van der Waals surface area contributed by atoms with Crippen molar-refractivity contribution in [2.45, 2.75) is 6.54 Å². The lowest BCUT2D eigenvalue weighted by Gasteiger charge is -2.11. The van der Waals surface area contributed by atoms with E-state index in [1.165, 1.54) is 6.07 Å². The van der Waals surface area contributed by atoms with Gasteiger partial charge >= 0.3 is 5.97 Å². The average molecular weight is 289 g/mol. The third kappa shape index (κ3) is 3.59. The standard InChI is InChI=1S/C14H15N3O4/c1-20-10-4-3-9(12(7-10)21-2)8-15-13-6-5-11(14(18)19)16-17-13/h3-7H,8H2,1-2H3,(H,15,17)(H,18,19). The molecule has 0 spiro atoms. The number of anilines is 1. The van der Waals surface area contributed by atoms with Gasteiger partial charge in [-0.05, 0) is 24.3 Å². The summed E-state index contributed by atoms with van der Waals surface area (Å²) in [5.41, 5.74) is 0.824. The minimum absolute atomic E-state index is 0.0948. The van der Waals surface area contributed by atoms with Crippen molar-refractivity contribution < 1.29 is 19.4 Å². The zero-order valence-electron chi connectivity index (χ0n) is 11.7. The Morgan fingerprint density at radius 2 is 2.00 bits per heavy atom. The molecule has 110 valence electrons. The van der Waals surface area contributed by atoms with Gasteiger partial charge in [0.1, 0.15) is 17.3 Å². The first-order chi connectivity index (χ1) is 10.1. The Kier molecular flexibility index (Phi) is 4.55. The summed E-state index contributed by atoms with van der Waals surface area (Å²) < 4.78 is 10.4. The van der Waals surface area contributed by atoms with E-state index in [0.717, 1.165) is 5.56 Å². The normalized spacial score (nSPS) is 10.0. The van der Waals surface area contributed by atoms with Gasteiger partial charge in [0.25, 0.3) is 0 Å². The highest BCUT2D eigenvalue weighted by Crippen LogP contribution is 2.25. The van der Waals surface area contributed by atoms with Crippen LogP contribution in [0.15, 0.2) is 30.3 Å². The lowest BCUT2D eigenvalue weighted by molar-refractivity contribution is 0.0689. The first kappa shape index (κ1) is 14.6. The molecular formula is C14H15N3O4. The van der Waals surface area contributed by atoms with Crippen molar-refractivity contribution in [3.05, 3.63) is 41.6 Å². The fraction of sp³-hybridized carbons (Fsp3) is 0.214. The van der Waals surface area contributed by atoms with E-state index < -0.39 is 5.97 Å². The molecule has 0 unspecified atom stereocenters. The molecule has 0 atom stereocenters. The topological polar surface area (TPSA) is 93.6 Å². The van der Waals surface area contributed by atoms with Gasteiger partial charge in [-0.25, -0.2) is 4.79 Å². The van der Waals surface area contributed by atoms with E-state index in [-0.39, 0.29) is 5.69 Å². The van der Waals surface area contributed by atoms with E-state index in [2.05, 4.69) is 15.5 Å². The summed E-state index contributed by atoms with van der Waals surface area (Å²) in [6, 6.07) is 8.45.